The molecule has 18 heavy (non-hydrogen) atoms. The van der Waals surface area contributed by atoms with Crippen molar-refractivity contribution in [3.63, 3.8) is 0 Å². The van der Waals surface area contributed by atoms with E-state index in [4.69, 9.17) is 0 Å². The molecule has 1 heterocycles. The van der Waals surface area contributed by atoms with Gasteiger partial charge in [0.05, 0.1) is 18.3 Å². The van der Waals surface area contributed by atoms with Crippen LogP contribution in [0.15, 0.2) is 18.3 Å². The molecule has 5 nitrogen and oxygen atoms in total. The molecule has 100 valence electrons. The summed E-state index contributed by atoms with van der Waals surface area (Å²) >= 11 is 0. The van der Waals surface area contributed by atoms with Crippen molar-refractivity contribution < 1.29 is 14.6 Å². The second kappa shape index (κ2) is 6.35. The van der Waals surface area contributed by atoms with E-state index in [9.17, 15) is 9.90 Å². The lowest BCUT2D eigenvalue weighted by Crippen LogP contribution is -2.35. The maximum atomic E-state index is 11.4. The zero-order chi connectivity index (χ0) is 13.6. The van der Waals surface area contributed by atoms with E-state index in [1.54, 1.807) is 12.1 Å². The third-order valence-corrected chi connectivity index (χ3v) is 3.10. The smallest absolute Gasteiger partial charge is 0.338 e. The van der Waals surface area contributed by atoms with E-state index in [2.05, 4.69) is 15.0 Å². The quantitative estimate of drug-likeness (QED) is 0.756. The first-order valence-corrected chi connectivity index (χ1v) is 6.05. The highest BCUT2D eigenvalue weighted by atomic mass is 16.5. The van der Waals surface area contributed by atoms with Crippen LogP contribution in [-0.4, -0.2) is 35.3 Å². The molecule has 2 N–H and O–H groups in total. The van der Waals surface area contributed by atoms with E-state index in [1.165, 1.54) is 13.3 Å². The van der Waals surface area contributed by atoms with Crippen molar-refractivity contribution in [3.05, 3.63) is 23.9 Å². The predicted octanol–water partition coefficient (Wildman–Crippen LogP) is 1.83. The molecule has 0 bridgehead atoms. The van der Waals surface area contributed by atoms with Gasteiger partial charge in [0.2, 0.25) is 0 Å². The molecule has 1 rings (SSSR count). The summed E-state index contributed by atoms with van der Waals surface area (Å²) in [4.78, 5) is 15.4. The monoisotopic (exact) mass is 252 g/mol. The Morgan fingerprint density at radius 1 is 1.50 bits per heavy atom. The van der Waals surface area contributed by atoms with Crippen LogP contribution in [0.3, 0.4) is 0 Å². The predicted molar refractivity (Wildman–Crippen MR) is 69.6 cm³/mol. The summed E-state index contributed by atoms with van der Waals surface area (Å²) in [7, 11) is 1.34. The van der Waals surface area contributed by atoms with Crippen molar-refractivity contribution in [3.8, 4) is 0 Å². The topological polar surface area (TPSA) is 71.5 Å². The third kappa shape index (κ3) is 3.70. The molecule has 1 aromatic rings. The number of nitrogens with zero attached hydrogens (tertiary/aromatic N) is 1. The first kappa shape index (κ1) is 14.4. The van der Waals surface area contributed by atoms with Crippen LogP contribution < -0.4 is 5.32 Å². The van der Waals surface area contributed by atoms with Crippen LogP contribution in [-0.2, 0) is 4.74 Å². The van der Waals surface area contributed by atoms with E-state index in [1.807, 2.05) is 13.8 Å². The molecular weight excluding hydrogens is 232 g/mol. The molecule has 1 aromatic heterocycles. The number of aromatic nitrogens is 1. The molecule has 0 aromatic carbocycles. The van der Waals surface area contributed by atoms with Gasteiger partial charge in [0.1, 0.15) is 5.82 Å². The minimum atomic E-state index is -0.747. The number of rotatable bonds is 6. The van der Waals surface area contributed by atoms with Gasteiger partial charge in [-0.15, -0.1) is 0 Å². The van der Waals surface area contributed by atoms with Gasteiger partial charge in [-0.2, -0.15) is 0 Å². The minimum Gasteiger partial charge on any atom is -0.465 e. The number of nitrogens with one attached hydrogen (secondary N) is 1. The molecule has 0 aliphatic carbocycles. The molecule has 5 heteroatoms. The summed E-state index contributed by atoms with van der Waals surface area (Å²) < 4.78 is 4.64. The SMILES string of the molecule is CCC(O)(CC)CNc1cc(C(=O)OC)ccn1. The molecular formula is C13H20N2O3. The Bertz CT molecular complexity index is 403. The van der Waals surface area contributed by atoms with Crippen LogP contribution >= 0.6 is 0 Å². The number of hydrogen-bond donors (Lipinski definition) is 2. The molecule has 0 amide bonds. The first-order chi connectivity index (χ1) is 8.54. The number of esters is 1. The van der Waals surface area contributed by atoms with E-state index in [0.29, 0.717) is 30.8 Å². The molecule has 0 unspecified atom stereocenters. The zero-order valence-corrected chi connectivity index (χ0v) is 11.1. The van der Waals surface area contributed by atoms with Crippen LogP contribution in [0.2, 0.25) is 0 Å². The van der Waals surface area contributed by atoms with Gasteiger partial charge in [0.15, 0.2) is 0 Å². The normalized spacial score (nSPS) is 11.1. The van der Waals surface area contributed by atoms with Crippen LogP contribution in [0.5, 0.6) is 0 Å². The summed E-state index contributed by atoms with van der Waals surface area (Å²) in [6.07, 6.45) is 2.85. The van der Waals surface area contributed by atoms with Crippen molar-refractivity contribution in [1.82, 2.24) is 4.98 Å². The lowest BCUT2D eigenvalue weighted by molar-refractivity contribution is 0.0456. The molecule has 0 atom stereocenters. The Morgan fingerprint density at radius 3 is 2.72 bits per heavy atom. The lowest BCUT2D eigenvalue weighted by Gasteiger charge is -2.25. The molecule has 0 aliphatic rings. The molecule has 0 aliphatic heterocycles. The van der Waals surface area contributed by atoms with Crippen molar-refractivity contribution in [1.29, 1.82) is 0 Å². The van der Waals surface area contributed by atoms with Gasteiger partial charge in [-0.3, -0.25) is 0 Å². The Hall–Kier alpha value is -1.62. The summed E-state index contributed by atoms with van der Waals surface area (Å²) in [5, 5.41) is 13.2. The molecule has 0 saturated carbocycles. The van der Waals surface area contributed by atoms with Crippen LogP contribution in [0.4, 0.5) is 5.82 Å². The third-order valence-electron chi connectivity index (χ3n) is 3.10. The van der Waals surface area contributed by atoms with Crippen molar-refractivity contribution >= 4 is 11.8 Å². The second-order valence-corrected chi connectivity index (χ2v) is 4.21. The largest absolute Gasteiger partial charge is 0.465 e. The maximum Gasteiger partial charge on any atom is 0.338 e. The van der Waals surface area contributed by atoms with Gasteiger partial charge in [-0.25, -0.2) is 9.78 Å². The Morgan fingerprint density at radius 2 is 2.17 bits per heavy atom. The van der Waals surface area contributed by atoms with Gasteiger partial charge < -0.3 is 15.2 Å². The fraction of sp³-hybridized carbons (Fsp3) is 0.538. The molecule has 0 spiro atoms. The number of carbonyl (C=O) groups excluding carboxylic acids is 1. The Labute approximate surface area is 107 Å². The minimum absolute atomic E-state index is 0.400. The summed E-state index contributed by atoms with van der Waals surface area (Å²) in [6.45, 7) is 4.27. The highest BCUT2D eigenvalue weighted by Crippen LogP contribution is 2.16. The fourth-order valence-electron chi connectivity index (χ4n) is 1.53. The average Bonchev–Trinajstić information content (AvgIpc) is 2.44. The van der Waals surface area contributed by atoms with Crippen LogP contribution in [0.25, 0.3) is 0 Å². The lowest BCUT2D eigenvalue weighted by atomic mass is 9.98. The van der Waals surface area contributed by atoms with E-state index >= 15 is 0 Å². The number of carbonyl (C=O) groups is 1. The van der Waals surface area contributed by atoms with Gasteiger partial charge in [0.25, 0.3) is 0 Å². The number of anilines is 1. The van der Waals surface area contributed by atoms with Crippen molar-refractivity contribution in [2.75, 3.05) is 19.0 Å². The van der Waals surface area contributed by atoms with E-state index in [-0.39, 0.29) is 0 Å². The number of methoxy groups -OCH3 is 1. The molecule has 0 saturated heterocycles. The van der Waals surface area contributed by atoms with Gasteiger partial charge >= 0.3 is 5.97 Å². The van der Waals surface area contributed by atoms with Gasteiger partial charge in [-0.05, 0) is 25.0 Å². The highest BCUT2D eigenvalue weighted by Gasteiger charge is 2.21. The average molecular weight is 252 g/mol. The standard InChI is InChI=1S/C13H20N2O3/c1-4-13(17,5-2)9-15-11-8-10(6-7-14-11)12(16)18-3/h6-8,17H,4-5,9H2,1-3H3,(H,14,15). The maximum absolute atomic E-state index is 11.4. The van der Waals surface area contributed by atoms with E-state index < -0.39 is 11.6 Å². The fourth-order valence-corrected chi connectivity index (χ4v) is 1.53. The second-order valence-electron chi connectivity index (χ2n) is 4.21. The number of aliphatic hydroxyl groups is 1. The van der Waals surface area contributed by atoms with Crippen LogP contribution in [0, 0.1) is 0 Å². The Kier molecular flexibility index (Phi) is 5.09. The zero-order valence-electron chi connectivity index (χ0n) is 11.1. The molecule has 0 fully saturated rings. The van der Waals surface area contributed by atoms with Gasteiger partial charge in [-0.1, -0.05) is 13.8 Å². The summed E-state index contributed by atoms with van der Waals surface area (Å²) in [6, 6.07) is 3.19. The summed E-state index contributed by atoms with van der Waals surface area (Å²) in [5.74, 6) is 0.153. The number of ether oxygens (including phenoxy) is 1. The number of pyridine rings is 1. The first-order valence-electron chi connectivity index (χ1n) is 6.05. The van der Waals surface area contributed by atoms with Gasteiger partial charge in [0, 0.05) is 12.7 Å². The highest BCUT2D eigenvalue weighted by molar-refractivity contribution is 5.89. The van der Waals surface area contributed by atoms with Crippen molar-refractivity contribution in [2.24, 2.45) is 0 Å². The Balaban J connectivity index is 2.71. The summed E-state index contributed by atoms with van der Waals surface area (Å²) in [5.41, 5.74) is -0.310. The van der Waals surface area contributed by atoms with E-state index in [0.717, 1.165) is 0 Å². The number of hydrogen-bond acceptors (Lipinski definition) is 5. The van der Waals surface area contributed by atoms with Crippen LogP contribution in [0.1, 0.15) is 37.0 Å². The molecule has 0 radical (unpaired) electrons. The van der Waals surface area contributed by atoms with Crippen molar-refractivity contribution in [2.45, 2.75) is 32.3 Å².